The first kappa shape index (κ1) is 13.2. The molecule has 0 bridgehead atoms. The van der Waals surface area contributed by atoms with E-state index < -0.39 is 0 Å². The van der Waals surface area contributed by atoms with E-state index in [1.165, 1.54) is 12.1 Å². The molecule has 22 heavy (non-hydrogen) atoms. The first-order valence-electron chi connectivity index (χ1n) is 7.32. The number of hydrogen-bond donors (Lipinski definition) is 0. The number of nitrogens with zero attached hydrogens (tertiary/aromatic N) is 3. The Balaban J connectivity index is 2.28. The second-order valence-electron chi connectivity index (χ2n) is 6.62. The average molecular weight is 293 g/mol. The van der Waals surface area contributed by atoms with Crippen LogP contribution in [-0.4, -0.2) is 14.6 Å². The Morgan fingerprint density at radius 3 is 2.55 bits per heavy atom. The Hall–Kier alpha value is -2.49. The zero-order valence-corrected chi connectivity index (χ0v) is 12.8. The Bertz CT molecular complexity index is 1030. The molecule has 4 rings (SSSR count). The van der Waals surface area contributed by atoms with E-state index in [9.17, 15) is 4.39 Å². The third-order valence-electron chi connectivity index (χ3n) is 3.92. The minimum atomic E-state index is -0.269. The van der Waals surface area contributed by atoms with E-state index in [-0.39, 0.29) is 11.2 Å². The fraction of sp³-hybridized carbons (Fsp3) is 0.222. The van der Waals surface area contributed by atoms with Crippen molar-refractivity contribution in [1.82, 2.24) is 14.6 Å². The fourth-order valence-electron chi connectivity index (χ4n) is 2.92. The van der Waals surface area contributed by atoms with Gasteiger partial charge in [-0.05, 0) is 24.3 Å². The van der Waals surface area contributed by atoms with Crippen LogP contribution < -0.4 is 0 Å². The van der Waals surface area contributed by atoms with Crippen molar-refractivity contribution in [3.05, 3.63) is 54.0 Å². The number of benzene rings is 2. The Morgan fingerprint density at radius 1 is 1.00 bits per heavy atom. The molecule has 0 radical (unpaired) electrons. The molecule has 0 aliphatic rings. The summed E-state index contributed by atoms with van der Waals surface area (Å²) in [6.07, 6.45) is 0. The summed E-state index contributed by atoms with van der Waals surface area (Å²) in [6, 6.07) is 12.7. The first-order chi connectivity index (χ1) is 10.4. The van der Waals surface area contributed by atoms with Gasteiger partial charge < -0.3 is 0 Å². The second kappa shape index (κ2) is 4.26. The highest BCUT2D eigenvalue weighted by Gasteiger charge is 2.22. The fourth-order valence-corrected chi connectivity index (χ4v) is 2.92. The number of hydrogen-bond acceptors (Lipinski definition) is 2. The number of aromatic nitrogens is 3. The van der Waals surface area contributed by atoms with Gasteiger partial charge in [-0.2, -0.15) is 5.10 Å². The van der Waals surface area contributed by atoms with Gasteiger partial charge in [-0.15, -0.1) is 0 Å². The predicted octanol–water partition coefficient (Wildman–Crippen LogP) is 4.47. The van der Waals surface area contributed by atoms with Gasteiger partial charge in [0.15, 0.2) is 5.65 Å². The normalized spacial score (nSPS) is 12.5. The van der Waals surface area contributed by atoms with Crippen molar-refractivity contribution in [2.45, 2.75) is 26.2 Å². The van der Waals surface area contributed by atoms with Gasteiger partial charge in [0.05, 0.1) is 16.7 Å². The smallest absolute Gasteiger partial charge is 0.163 e. The highest BCUT2D eigenvalue weighted by molar-refractivity contribution is 5.96. The molecule has 0 aliphatic carbocycles. The average Bonchev–Trinajstić information content (AvgIpc) is 2.83. The third-order valence-corrected chi connectivity index (χ3v) is 3.92. The van der Waals surface area contributed by atoms with Gasteiger partial charge in [-0.1, -0.05) is 39.0 Å². The predicted molar refractivity (Wildman–Crippen MR) is 86.7 cm³/mol. The van der Waals surface area contributed by atoms with Crippen molar-refractivity contribution in [1.29, 1.82) is 0 Å². The first-order valence-corrected chi connectivity index (χ1v) is 7.32. The molecule has 2 heterocycles. The van der Waals surface area contributed by atoms with E-state index in [0.717, 1.165) is 27.5 Å². The molecule has 0 atom stereocenters. The molecule has 0 saturated carbocycles. The van der Waals surface area contributed by atoms with E-state index in [0.29, 0.717) is 5.65 Å². The van der Waals surface area contributed by atoms with Gasteiger partial charge >= 0.3 is 0 Å². The maximum absolute atomic E-state index is 13.6. The van der Waals surface area contributed by atoms with Gasteiger partial charge in [-0.25, -0.2) is 13.9 Å². The molecule has 3 nitrogen and oxygen atoms in total. The molecule has 0 amide bonds. The quantitative estimate of drug-likeness (QED) is 0.479. The number of fused-ring (bicyclic) bond motifs is 5. The summed E-state index contributed by atoms with van der Waals surface area (Å²) >= 11 is 0. The van der Waals surface area contributed by atoms with E-state index in [2.05, 4.69) is 31.9 Å². The largest absolute Gasteiger partial charge is 0.232 e. The van der Waals surface area contributed by atoms with Crippen LogP contribution in [0.15, 0.2) is 42.5 Å². The van der Waals surface area contributed by atoms with Crippen molar-refractivity contribution in [3.8, 4) is 0 Å². The molecule has 110 valence electrons. The monoisotopic (exact) mass is 293 g/mol. The second-order valence-corrected chi connectivity index (χ2v) is 6.62. The summed E-state index contributed by atoms with van der Waals surface area (Å²) < 4.78 is 15.4. The van der Waals surface area contributed by atoms with Gasteiger partial charge in [-0.3, -0.25) is 0 Å². The minimum absolute atomic E-state index is 0.106. The summed E-state index contributed by atoms with van der Waals surface area (Å²) in [5.74, 6) is -0.269. The summed E-state index contributed by atoms with van der Waals surface area (Å²) in [4.78, 5) is 4.84. The van der Waals surface area contributed by atoms with Gasteiger partial charge in [0.25, 0.3) is 0 Å². The molecule has 0 unspecified atom stereocenters. The van der Waals surface area contributed by atoms with E-state index in [4.69, 9.17) is 4.98 Å². The number of para-hydroxylation sites is 1. The highest BCUT2D eigenvalue weighted by atomic mass is 19.1. The molecule has 0 N–H and O–H groups in total. The molecule has 4 heteroatoms. The van der Waals surface area contributed by atoms with Crippen LogP contribution in [0, 0.1) is 5.82 Å². The van der Waals surface area contributed by atoms with Crippen LogP contribution >= 0.6 is 0 Å². The van der Waals surface area contributed by atoms with Crippen molar-refractivity contribution in [2.24, 2.45) is 0 Å². The van der Waals surface area contributed by atoms with Crippen LogP contribution in [0.3, 0.4) is 0 Å². The standard InChI is InChI=1S/C18H16FN3/c1-18(2,3)16-12-6-4-5-7-15(12)22-17(20-16)13-10-11(19)8-9-14(13)21-22/h4-10H,1-3H3. The third kappa shape index (κ3) is 1.80. The van der Waals surface area contributed by atoms with Crippen LogP contribution in [0.1, 0.15) is 26.5 Å². The van der Waals surface area contributed by atoms with E-state index >= 15 is 0 Å². The molecular weight excluding hydrogens is 277 g/mol. The van der Waals surface area contributed by atoms with Gasteiger partial charge in [0.2, 0.25) is 0 Å². The molecule has 0 spiro atoms. The molecule has 0 aliphatic heterocycles. The Kier molecular flexibility index (Phi) is 2.55. The lowest BCUT2D eigenvalue weighted by Gasteiger charge is -2.20. The van der Waals surface area contributed by atoms with Crippen LogP contribution in [-0.2, 0) is 5.41 Å². The number of halogens is 1. The van der Waals surface area contributed by atoms with Crippen LogP contribution in [0.25, 0.3) is 27.5 Å². The molecule has 0 fully saturated rings. The molecular formula is C18H16FN3. The highest BCUT2D eigenvalue weighted by Crippen LogP contribution is 2.31. The van der Waals surface area contributed by atoms with Gasteiger partial charge in [0, 0.05) is 16.2 Å². The molecule has 0 saturated heterocycles. The van der Waals surface area contributed by atoms with E-state index in [1.807, 2.05) is 22.7 Å². The maximum atomic E-state index is 13.6. The van der Waals surface area contributed by atoms with Crippen LogP contribution in [0.5, 0.6) is 0 Å². The topological polar surface area (TPSA) is 30.2 Å². The molecule has 2 aromatic heterocycles. The Labute approximate surface area is 127 Å². The summed E-state index contributed by atoms with van der Waals surface area (Å²) in [5, 5.41) is 6.42. The lowest BCUT2D eigenvalue weighted by Crippen LogP contribution is -2.15. The van der Waals surface area contributed by atoms with Crippen molar-refractivity contribution < 1.29 is 4.39 Å². The summed E-state index contributed by atoms with van der Waals surface area (Å²) in [7, 11) is 0. The van der Waals surface area contributed by atoms with Crippen molar-refractivity contribution >= 4 is 27.5 Å². The maximum Gasteiger partial charge on any atom is 0.163 e. The van der Waals surface area contributed by atoms with Crippen LogP contribution in [0.4, 0.5) is 4.39 Å². The molecule has 2 aromatic carbocycles. The SMILES string of the molecule is CC(C)(C)c1nc2c3cc(F)ccc3nn2c2ccccc12. The zero-order valence-electron chi connectivity index (χ0n) is 12.8. The van der Waals surface area contributed by atoms with E-state index in [1.54, 1.807) is 6.07 Å². The van der Waals surface area contributed by atoms with Gasteiger partial charge in [0.1, 0.15) is 5.82 Å². The van der Waals surface area contributed by atoms with Crippen molar-refractivity contribution in [3.63, 3.8) is 0 Å². The molecule has 4 aromatic rings. The van der Waals surface area contributed by atoms with Crippen molar-refractivity contribution in [2.75, 3.05) is 0 Å². The zero-order chi connectivity index (χ0) is 15.5. The lowest BCUT2D eigenvalue weighted by atomic mass is 9.89. The Morgan fingerprint density at radius 2 is 1.77 bits per heavy atom. The summed E-state index contributed by atoms with van der Waals surface area (Å²) in [6.45, 7) is 6.41. The lowest BCUT2D eigenvalue weighted by molar-refractivity contribution is 0.576. The minimum Gasteiger partial charge on any atom is -0.232 e. The number of rotatable bonds is 0. The van der Waals surface area contributed by atoms with Crippen LogP contribution in [0.2, 0.25) is 0 Å². The summed E-state index contributed by atoms with van der Waals surface area (Å²) in [5.41, 5.74) is 3.35.